The smallest absolute Gasteiger partial charge is 0.294 e. The zero-order valence-corrected chi connectivity index (χ0v) is 11.0. The third-order valence-electron chi connectivity index (χ3n) is 2.97. The highest BCUT2D eigenvalue weighted by atomic mass is 16.1. The minimum Gasteiger partial charge on any atom is -0.294 e. The Morgan fingerprint density at radius 3 is 2.53 bits per heavy atom. The molecule has 0 radical (unpaired) electrons. The first-order chi connectivity index (χ1) is 9.18. The standard InChI is InChI=1S/C16H17N2O/c1-13(16(19)14-8-4-3-5-9-14)12-18(2)15-10-6-7-11-17-15/h3-11,13H,2,12H2,1H3/q+1. The molecule has 0 spiro atoms. The molecule has 3 nitrogen and oxygen atoms in total. The third-order valence-corrected chi connectivity index (χ3v) is 2.97. The van der Waals surface area contributed by atoms with E-state index < -0.39 is 0 Å². The lowest BCUT2D eigenvalue weighted by Gasteiger charge is -2.10. The van der Waals surface area contributed by atoms with Crippen molar-refractivity contribution < 1.29 is 9.37 Å². The van der Waals surface area contributed by atoms with Crippen LogP contribution in [0.2, 0.25) is 0 Å². The van der Waals surface area contributed by atoms with Crippen LogP contribution >= 0.6 is 0 Å². The predicted molar refractivity (Wildman–Crippen MR) is 76.1 cm³/mol. The highest BCUT2D eigenvalue weighted by molar-refractivity contribution is 5.97. The van der Waals surface area contributed by atoms with Crippen molar-refractivity contribution in [2.75, 3.05) is 6.54 Å². The SMILES string of the molecule is C=[N+](CC(C)C(=O)c1ccccc1)c1ccccn1. The molecule has 2 rings (SSSR count). The molecular formula is C16H17N2O+. The molecule has 1 unspecified atom stereocenters. The van der Waals surface area contributed by atoms with E-state index in [0.29, 0.717) is 6.54 Å². The monoisotopic (exact) mass is 253 g/mol. The number of nitrogens with zero attached hydrogens (tertiary/aromatic N) is 2. The Hall–Kier alpha value is -2.29. The molecule has 1 aromatic heterocycles. The van der Waals surface area contributed by atoms with Crippen molar-refractivity contribution >= 4 is 18.3 Å². The quantitative estimate of drug-likeness (QED) is 0.466. The molecule has 19 heavy (non-hydrogen) atoms. The second-order valence-corrected chi connectivity index (χ2v) is 4.54. The Labute approximate surface area is 113 Å². The summed E-state index contributed by atoms with van der Waals surface area (Å²) in [5, 5.41) is 0. The summed E-state index contributed by atoms with van der Waals surface area (Å²) in [5.41, 5.74) is 0.740. The molecule has 96 valence electrons. The highest BCUT2D eigenvalue weighted by Gasteiger charge is 2.19. The molecule has 1 aromatic carbocycles. The van der Waals surface area contributed by atoms with Gasteiger partial charge in [-0.05, 0) is 11.1 Å². The molecule has 0 amide bonds. The molecule has 0 saturated carbocycles. The summed E-state index contributed by atoms with van der Waals surface area (Å²) >= 11 is 0. The molecule has 0 aliphatic carbocycles. The summed E-state index contributed by atoms with van der Waals surface area (Å²) in [6.07, 6.45) is 1.72. The maximum absolute atomic E-state index is 12.2. The molecule has 1 heterocycles. The van der Waals surface area contributed by atoms with Gasteiger partial charge in [-0.1, -0.05) is 43.3 Å². The van der Waals surface area contributed by atoms with Crippen LogP contribution in [0.15, 0.2) is 54.7 Å². The third kappa shape index (κ3) is 3.35. The van der Waals surface area contributed by atoms with Crippen LogP contribution in [0.3, 0.4) is 0 Å². The summed E-state index contributed by atoms with van der Waals surface area (Å²) in [4.78, 5) is 16.5. The fourth-order valence-corrected chi connectivity index (χ4v) is 1.93. The number of rotatable bonds is 5. The topological polar surface area (TPSA) is 33.0 Å². The Kier molecular flexibility index (Phi) is 4.18. The highest BCUT2D eigenvalue weighted by Crippen LogP contribution is 2.12. The number of ketones is 1. The van der Waals surface area contributed by atoms with Crippen LogP contribution in [0.1, 0.15) is 17.3 Å². The average molecular weight is 253 g/mol. The van der Waals surface area contributed by atoms with E-state index in [-0.39, 0.29) is 11.7 Å². The molecule has 0 N–H and O–H groups in total. The molecule has 0 fully saturated rings. The van der Waals surface area contributed by atoms with Gasteiger partial charge in [-0.2, -0.15) is 0 Å². The minimum absolute atomic E-state index is 0.123. The van der Waals surface area contributed by atoms with Crippen LogP contribution in [-0.4, -0.2) is 28.6 Å². The molecule has 0 bridgehead atoms. The molecule has 0 saturated heterocycles. The Bertz CT molecular complexity index is 564. The van der Waals surface area contributed by atoms with Gasteiger partial charge in [0.1, 0.15) is 6.20 Å². The van der Waals surface area contributed by atoms with Crippen LogP contribution in [0, 0.1) is 5.92 Å². The Morgan fingerprint density at radius 1 is 1.21 bits per heavy atom. The van der Waals surface area contributed by atoms with E-state index in [1.54, 1.807) is 10.8 Å². The number of Topliss-reactive ketones (excluding diaryl/α,β-unsaturated/α-hetero) is 1. The normalized spacial score (nSPS) is 11.8. The molecular weight excluding hydrogens is 236 g/mol. The van der Waals surface area contributed by atoms with Crippen molar-refractivity contribution in [2.45, 2.75) is 6.92 Å². The lowest BCUT2D eigenvalue weighted by molar-refractivity contribution is -0.440. The van der Waals surface area contributed by atoms with Gasteiger partial charge < -0.3 is 0 Å². The molecule has 3 heteroatoms. The molecule has 1 atom stereocenters. The maximum atomic E-state index is 12.2. The van der Waals surface area contributed by atoms with Gasteiger partial charge in [0.05, 0.1) is 19.2 Å². The lowest BCUT2D eigenvalue weighted by atomic mass is 9.99. The van der Waals surface area contributed by atoms with Gasteiger partial charge in [0.2, 0.25) is 0 Å². The van der Waals surface area contributed by atoms with Gasteiger partial charge in [0.15, 0.2) is 5.78 Å². The van der Waals surface area contributed by atoms with Crippen LogP contribution in [0.25, 0.3) is 0 Å². The predicted octanol–water partition coefficient (Wildman–Crippen LogP) is 2.95. The second-order valence-electron chi connectivity index (χ2n) is 4.54. The number of carbonyl (C=O) groups excluding carboxylic acids is 1. The van der Waals surface area contributed by atoms with Crippen LogP contribution in [-0.2, 0) is 0 Å². The van der Waals surface area contributed by atoms with Gasteiger partial charge in [-0.3, -0.25) is 4.79 Å². The van der Waals surface area contributed by atoms with Crippen molar-refractivity contribution in [2.24, 2.45) is 5.92 Å². The zero-order valence-electron chi connectivity index (χ0n) is 11.0. The van der Waals surface area contributed by atoms with E-state index >= 15 is 0 Å². The zero-order chi connectivity index (χ0) is 13.7. The fraction of sp³-hybridized carbons (Fsp3) is 0.188. The number of carbonyl (C=O) groups is 1. The largest absolute Gasteiger partial charge is 0.322 e. The number of hydrogen-bond acceptors (Lipinski definition) is 2. The number of benzene rings is 1. The van der Waals surface area contributed by atoms with Crippen molar-refractivity contribution in [3.05, 3.63) is 60.3 Å². The molecule has 0 aliphatic heterocycles. The van der Waals surface area contributed by atoms with Crippen LogP contribution in [0.5, 0.6) is 0 Å². The van der Waals surface area contributed by atoms with E-state index in [0.717, 1.165) is 11.4 Å². The average Bonchev–Trinajstić information content (AvgIpc) is 2.48. The van der Waals surface area contributed by atoms with Gasteiger partial charge in [0.25, 0.3) is 0 Å². The van der Waals surface area contributed by atoms with Crippen molar-refractivity contribution in [1.82, 2.24) is 4.98 Å². The van der Waals surface area contributed by atoms with E-state index in [9.17, 15) is 4.79 Å². The fourth-order valence-electron chi connectivity index (χ4n) is 1.93. The summed E-state index contributed by atoms with van der Waals surface area (Å²) in [6.45, 7) is 6.40. The first-order valence-corrected chi connectivity index (χ1v) is 6.27. The van der Waals surface area contributed by atoms with E-state index in [2.05, 4.69) is 11.7 Å². The van der Waals surface area contributed by atoms with E-state index in [1.165, 1.54) is 0 Å². The van der Waals surface area contributed by atoms with Crippen molar-refractivity contribution in [1.29, 1.82) is 0 Å². The van der Waals surface area contributed by atoms with Crippen molar-refractivity contribution in [3.8, 4) is 0 Å². The van der Waals surface area contributed by atoms with Crippen molar-refractivity contribution in [3.63, 3.8) is 0 Å². The number of hydrogen-bond donors (Lipinski definition) is 0. The number of aromatic nitrogens is 1. The first-order valence-electron chi connectivity index (χ1n) is 6.27. The van der Waals surface area contributed by atoms with Crippen LogP contribution in [0.4, 0.5) is 5.82 Å². The maximum Gasteiger partial charge on any atom is 0.322 e. The Morgan fingerprint density at radius 2 is 1.89 bits per heavy atom. The van der Waals surface area contributed by atoms with E-state index in [1.807, 2.05) is 55.5 Å². The lowest BCUT2D eigenvalue weighted by Crippen LogP contribution is -2.22. The summed E-state index contributed by atoms with van der Waals surface area (Å²) in [6, 6.07) is 15.0. The first kappa shape index (κ1) is 13.1. The van der Waals surface area contributed by atoms with Gasteiger partial charge in [-0.15, -0.1) is 0 Å². The minimum atomic E-state index is -0.123. The van der Waals surface area contributed by atoms with Crippen LogP contribution < -0.4 is 0 Å². The van der Waals surface area contributed by atoms with Gasteiger partial charge in [-0.25, -0.2) is 4.58 Å². The number of pyridine rings is 1. The molecule has 2 aromatic rings. The van der Waals surface area contributed by atoms with E-state index in [4.69, 9.17) is 0 Å². The second kappa shape index (κ2) is 6.05. The Balaban J connectivity index is 2.04. The summed E-state index contributed by atoms with van der Waals surface area (Å²) < 4.78 is 1.76. The molecule has 0 aliphatic rings. The summed E-state index contributed by atoms with van der Waals surface area (Å²) in [5.74, 6) is 0.780. The summed E-state index contributed by atoms with van der Waals surface area (Å²) in [7, 11) is 0. The van der Waals surface area contributed by atoms with Gasteiger partial charge >= 0.3 is 5.82 Å². The van der Waals surface area contributed by atoms with Gasteiger partial charge in [0, 0.05) is 11.6 Å².